The van der Waals surface area contributed by atoms with E-state index in [-0.39, 0.29) is 16.5 Å². The summed E-state index contributed by atoms with van der Waals surface area (Å²) in [6.45, 7) is 7.88. The first kappa shape index (κ1) is 14.9. The van der Waals surface area contributed by atoms with E-state index in [0.29, 0.717) is 26.1 Å². The van der Waals surface area contributed by atoms with Gasteiger partial charge in [0.05, 0.1) is 10.5 Å². The number of nitrogens with one attached hydrogen (secondary N) is 1. The van der Waals surface area contributed by atoms with Gasteiger partial charge in [-0.25, -0.2) is 8.42 Å². The molecule has 2 atom stereocenters. The normalized spacial score (nSPS) is 22.3. The van der Waals surface area contributed by atoms with Crippen molar-refractivity contribution in [1.29, 1.82) is 0 Å². The molecule has 0 spiro atoms. The van der Waals surface area contributed by atoms with Crippen molar-refractivity contribution in [3.63, 3.8) is 0 Å². The van der Waals surface area contributed by atoms with E-state index in [1.54, 1.807) is 0 Å². The van der Waals surface area contributed by atoms with Crippen LogP contribution in [0.15, 0.2) is 0 Å². The fourth-order valence-electron chi connectivity index (χ4n) is 2.13. The van der Waals surface area contributed by atoms with E-state index in [1.807, 2.05) is 13.8 Å². The molecule has 0 aromatic carbocycles. The van der Waals surface area contributed by atoms with Gasteiger partial charge in [0.2, 0.25) is 0 Å². The zero-order chi connectivity index (χ0) is 12.9. The minimum absolute atomic E-state index is 0.0165. The van der Waals surface area contributed by atoms with Crippen LogP contribution in [0.5, 0.6) is 0 Å². The molecule has 0 aromatic heterocycles. The minimum Gasteiger partial charge on any atom is -0.381 e. The lowest BCUT2D eigenvalue weighted by molar-refractivity contribution is 0.0981. The monoisotopic (exact) mass is 263 g/mol. The third kappa shape index (κ3) is 3.93. The van der Waals surface area contributed by atoms with Gasteiger partial charge in [0.1, 0.15) is 0 Å². The number of ether oxygens (including phenoxy) is 1. The van der Waals surface area contributed by atoms with Gasteiger partial charge in [0, 0.05) is 19.3 Å². The number of hydrogen-bond donors (Lipinski definition) is 1. The third-order valence-corrected chi connectivity index (χ3v) is 6.42. The molecule has 0 aromatic rings. The number of rotatable bonds is 6. The predicted molar refractivity (Wildman–Crippen MR) is 70.0 cm³/mol. The summed E-state index contributed by atoms with van der Waals surface area (Å²) in [5.74, 6) is 0. The Labute approximate surface area is 105 Å². The van der Waals surface area contributed by atoms with Gasteiger partial charge in [-0.3, -0.25) is 0 Å². The largest absolute Gasteiger partial charge is 0.381 e. The average Bonchev–Trinajstić information content (AvgIpc) is 2.36. The van der Waals surface area contributed by atoms with Gasteiger partial charge in [0.15, 0.2) is 9.84 Å². The highest BCUT2D eigenvalue weighted by Gasteiger charge is 2.34. The van der Waals surface area contributed by atoms with E-state index < -0.39 is 9.84 Å². The Kier molecular flexibility index (Phi) is 5.89. The molecule has 0 amide bonds. The summed E-state index contributed by atoms with van der Waals surface area (Å²) < 4.78 is 30.0. The number of sulfone groups is 1. The summed E-state index contributed by atoms with van der Waals surface area (Å²) in [4.78, 5) is 0. The summed E-state index contributed by atoms with van der Waals surface area (Å²) >= 11 is 0. The Hall–Kier alpha value is -0.130. The van der Waals surface area contributed by atoms with Gasteiger partial charge in [-0.15, -0.1) is 0 Å². The molecule has 17 heavy (non-hydrogen) atoms. The van der Waals surface area contributed by atoms with E-state index in [0.717, 1.165) is 13.0 Å². The zero-order valence-electron chi connectivity index (χ0n) is 11.1. The van der Waals surface area contributed by atoms with Crippen LogP contribution >= 0.6 is 0 Å². The molecule has 5 heteroatoms. The van der Waals surface area contributed by atoms with E-state index in [9.17, 15) is 8.42 Å². The topological polar surface area (TPSA) is 55.4 Å². The Morgan fingerprint density at radius 2 is 1.88 bits per heavy atom. The van der Waals surface area contributed by atoms with Gasteiger partial charge in [-0.2, -0.15) is 0 Å². The highest BCUT2D eigenvalue weighted by Crippen LogP contribution is 2.21. The van der Waals surface area contributed by atoms with Gasteiger partial charge in [-0.1, -0.05) is 6.92 Å². The van der Waals surface area contributed by atoms with Crippen LogP contribution in [-0.2, 0) is 14.6 Å². The summed E-state index contributed by atoms with van der Waals surface area (Å²) in [6, 6.07) is 0.0165. The van der Waals surface area contributed by atoms with E-state index in [1.165, 1.54) is 0 Å². The Balaban J connectivity index is 2.61. The molecule has 1 heterocycles. The van der Waals surface area contributed by atoms with Crippen molar-refractivity contribution < 1.29 is 13.2 Å². The average molecular weight is 263 g/mol. The van der Waals surface area contributed by atoms with Crippen LogP contribution in [0.3, 0.4) is 0 Å². The maximum absolute atomic E-state index is 12.4. The Morgan fingerprint density at radius 3 is 2.41 bits per heavy atom. The molecule has 1 fully saturated rings. The third-order valence-electron chi connectivity index (χ3n) is 3.57. The molecule has 1 saturated heterocycles. The van der Waals surface area contributed by atoms with Crippen LogP contribution in [0.1, 0.15) is 40.0 Å². The van der Waals surface area contributed by atoms with E-state index in [4.69, 9.17) is 4.74 Å². The van der Waals surface area contributed by atoms with Gasteiger partial charge >= 0.3 is 0 Å². The fraction of sp³-hybridized carbons (Fsp3) is 1.00. The molecule has 1 rings (SSSR count). The second kappa shape index (κ2) is 6.71. The van der Waals surface area contributed by atoms with Crippen molar-refractivity contribution in [3.8, 4) is 0 Å². The quantitative estimate of drug-likeness (QED) is 0.786. The fourth-order valence-corrected chi connectivity index (χ4v) is 4.25. The molecule has 4 nitrogen and oxygen atoms in total. The van der Waals surface area contributed by atoms with Crippen molar-refractivity contribution >= 4 is 9.84 Å². The minimum atomic E-state index is -3.03. The predicted octanol–water partition coefficient (Wildman–Crippen LogP) is 1.36. The van der Waals surface area contributed by atoms with Gasteiger partial charge in [0.25, 0.3) is 0 Å². The van der Waals surface area contributed by atoms with Crippen LogP contribution in [0.25, 0.3) is 0 Å². The molecule has 0 saturated carbocycles. The first-order valence-corrected chi connectivity index (χ1v) is 8.15. The van der Waals surface area contributed by atoms with Crippen molar-refractivity contribution in [2.24, 2.45) is 0 Å². The lowest BCUT2D eigenvalue weighted by atomic mass is 10.2. The van der Waals surface area contributed by atoms with Gasteiger partial charge in [-0.05, 0) is 39.7 Å². The van der Waals surface area contributed by atoms with Crippen LogP contribution in [0, 0.1) is 0 Å². The van der Waals surface area contributed by atoms with Crippen molar-refractivity contribution in [2.75, 3.05) is 19.8 Å². The lowest BCUT2D eigenvalue weighted by Crippen LogP contribution is -2.45. The second-order valence-corrected chi connectivity index (χ2v) is 7.44. The molecule has 0 bridgehead atoms. The van der Waals surface area contributed by atoms with Crippen molar-refractivity contribution in [2.45, 2.75) is 56.6 Å². The van der Waals surface area contributed by atoms with Crippen molar-refractivity contribution in [1.82, 2.24) is 5.32 Å². The van der Waals surface area contributed by atoms with Crippen LogP contribution < -0.4 is 5.32 Å². The van der Waals surface area contributed by atoms with E-state index >= 15 is 0 Å². The molecule has 102 valence electrons. The summed E-state index contributed by atoms with van der Waals surface area (Å²) in [6.07, 6.45) is 2.31. The first-order valence-electron chi connectivity index (χ1n) is 6.54. The highest BCUT2D eigenvalue weighted by atomic mass is 32.2. The smallest absolute Gasteiger partial charge is 0.157 e. The molecule has 1 aliphatic rings. The SMILES string of the molecule is CCCNC(C)C(C)S(=O)(=O)C1CCOCC1. The standard InChI is InChI=1S/C12H25NO3S/c1-4-7-13-10(2)11(3)17(14,15)12-5-8-16-9-6-12/h10-13H,4-9H2,1-3H3. The molecular formula is C12H25NO3S. The zero-order valence-corrected chi connectivity index (χ0v) is 11.9. The molecule has 1 N–H and O–H groups in total. The first-order chi connectivity index (χ1) is 8.00. The summed E-state index contributed by atoms with van der Waals surface area (Å²) in [5, 5.41) is 2.73. The van der Waals surface area contributed by atoms with Crippen molar-refractivity contribution in [3.05, 3.63) is 0 Å². The Bertz CT molecular complexity index is 310. The van der Waals surface area contributed by atoms with Crippen LogP contribution in [0.2, 0.25) is 0 Å². The summed E-state index contributed by atoms with van der Waals surface area (Å²) in [7, 11) is -3.03. The maximum Gasteiger partial charge on any atom is 0.157 e. The maximum atomic E-state index is 12.4. The summed E-state index contributed by atoms with van der Waals surface area (Å²) in [5.41, 5.74) is 0. The molecule has 2 unspecified atom stereocenters. The lowest BCUT2D eigenvalue weighted by Gasteiger charge is -2.28. The molecule has 0 radical (unpaired) electrons. The van der Waals surface area contributed by atoms with Crippen LogP contribution in [-0.4, -0.2) is 44.7 Å². The second-order valence-electron chi connectivity index (χ2n) is 4.85. The van der Waals surface area contributed by atoms with E-state index in [2.05, 4.69) is 12.2 Å². The number of hydrogen-bond acceptors (Lipinski definition) is 4. The highest BCUT2D eigenvalue weighted by molar-refractivity contribution is 7.92. The van der Waals surface area contributed by atoms with Gasteiger partial charge < -0.3 is 10.1 Å². The molecule has 1 aliphatic heterocycles. The van der Waals surface area contributed by atoms with Crippen LogP contribution in [0.4, 0.5) is 0 Å². The molecular weight excluding hydrogens is 238 g/mol. The Morgan fingerprint density at radius 1 is 1.29 bits per heavy atom. The molecule has 0 aliphatic carbocycles.